The van der Waals surface area contributed by atoms with E-state index in [1.165, 1.54) is 25.4 Å². The molecule has 2 saturated heterocycles. The molecule has 0 radical (unpaired) electrons. The summed E-state index contributed by atoms with van der Waals surface area (Å²) in [6.07, 6.45) is 0.922. The van der Waals surface area contributed by atoms with Crippen LogP contribution in [0.15, 0.2) is 151 Å². The summed E-state index contributed by atoms with van der Waals surface area (Å²) < 4.78 is 61.7. The molecule has 4 aromatic heterocycles. The van der Waals surface area contributed by atoms with Gasteiger partial charge in [0.05, 0.1) is 46.6 Å². The van der Waals surface area contributed by atoms with Gasteiger partial charge in [0.15, 0.2) is 6.10 Å². The average molecular weight is 1120 g/mol. The second-order valence-corrected chi connectivity index (χ2v) is 22.8. The number of carbonyl (C=O) groups is 5. The van der Waals surface area contributed by atoms with Gasteiger partial charge in [-0.1, -0.05) is 84.9 Å². The summed E-state index contributed by atoms with van der Waals surface area (Å²) in [5.74, 6) is -1.44. The van der Waals surface area contributed by atoms with Crippen LogP contribution in [0.5, 0.6) is 0 Å². The lowest BCUT2D eigenvalue weighted by Gasteiger charge is -2.33. The number of anilines is 1. The molecule has 0 unspecified atom stereocenters. The van der Waals surface area contributed by atoms with Crippen LogP contribution in [0.25, 0.3) is 20.4 Å². The first-order valence-electron chi connectivity index (χ1n) is 22.8. The molecular weight excluding hydrogens is 1080 g/mol. The number of rotatable bonds is 12. The van der Waals surface area contributed by atoms with Crippen molar-refractivity contribution in [3.05, 3.63) is 176 Å². The second kappa shape index (κ2) is 22.0. The molecule has 10 rings (SSSR count). The Hall–Kier alpha value is -9.13. The molecule has 2 aliphatic rings. The molecule has 6 heterocycles. The number of hydrogen-bond donors (Lipinski definition) is 4. The molecule has 0 aliphatic carbocycles. The number of sulfonamides is 2. The fourth-order valence-corrected chi connectivity index (χ4v) is 12.9. The van der Waals surface area contributed by atoms with Crippen molar-refractivity contribution in [3.63, 3.8) is 0 Å². The van der Waals surface area contributed by atoms with Crippen molar-refractivity contribution in [2.75, 3.05) is 31.5 Å². The number of thiazole rings is 2. The van der Waals surface area contributed by atoms with Gasteiger partial charge >= 0.3 is 29.5 Å². The van der Waals surface area contributed by atoms with Gasteiger partial charge in [0, 0.05) is 18.0 Å². The summed E-state index contributed by atoms with van der Waals surface area (Å²) in [6, 6.07) is 31.3. The van der Waals surface area contributed by atoms with Crippen molar-refractivity contribution in [1.82, 2.24) is 58.5 Å². The molecule has 396 valence electrons. The van der Waals surface area contributed by atoms with E-state index in [-0.39, 0.29) is 46.2 Å². The maximum atomic E-state index is 13.1. The number of hydrogen-bond acceptors (Lipinski definition) is 18. The SMILES string of the molecule is Cc1cn(CC(=O)N2CCN(S(=O)(=O)c3nc4ccccc4s3)C(=O)N2)c(=O)[nH]c1=O.O=C(Nc1ccn(CC(=O)N2CCN(S(=O)(=O)c3nc4ccccc4s3)C(=O)N2)c(=O)n1)OC(c1ccccc1)c1ccccc1. The summed E-state index contributed by atoms with van der Waals surface area (Å²) >= 11 is 1.88. The Bertz CT molecular complexity index is 3910. The fourth-order valence-electron chi connectivity index (χ4n) is 7.63. The maximum Gasteiger partial charge on any atom is 0.413 e. The molecule has 2 aliphatic heterocycles. The molecule has 4 aromatic carbocycles. The Labute approximate surface area is 442 Å². The molecule has 0 spiro atoms. The van der Waals surface area contributed by atoms with E-state index in [1.807, 2.05) is 60.7 Å². The van der Waals surface area contributed by atoms with Crippen molar-refractivity contribution in [1.29, 1.82) is 0 Å². The number of urea groups is 2. The van der Waals surface area contributed by atoms with E-state index in [0.29, 0.717) is 29.0 Å². The third kappa shape index (κ3) is 11.6. The minimum Gasteiger partial charge on any atom is -0.436 e. The standard InChI is InChI=1S/C30H25N7O7S2.C17H16N6O6S2/c38-25(36-17-18-37(28(40)34-36)46(42,43)30-31-22-13-7-8-14-23(22)45-30)19-35-16-15-24(32-27(35)39)33-29(41)44-26(20-9-3-1-4-10-20)21-11-5-2-6-12-21;1-10-8-21(15(26)19-14(10)25)9-13(24)22-6-7-23(16(27)20-22)31(28,29)17-18-11-4-2-3-5-12(11)30-17/h1-16,26H,17-19H2,(H,34,40)(H,32,33,39,41);2-5,8H,6-7,9H2,1H3,(H,20,27)(H,19,25,26). The van der Waals surface area contributed by atoms with Crippen LogP contribution in [0.3, 0.4) is 0 Å². The third-order valence-electron chi connectivity index (χ3n) is 11.5. The molecule has 77 heavy (non-hydrogen) atoms. The number of hydrazine groups is 2. The summed E-state index contributed by atoms with van der Waals surface area (Å²) in [4.78, 5) is 113. The van der Waals surface area contributed by atoms with Crippen molar-refractivity contribution in [2.24, 2.45) is 0 Å². The predicted molar refractivity (Wildman–Crippen MR) is 277 cm³/mol. The number of fused-ring (bicyclic) bond motifs is 2. The van der Waals surface area contributed by atoms with E-state index >= 15 is 0 Å². The zero-order valence-electron chi connectivity index (χ0n) is 39.9. The third-order valence-corrected chi connectivity index (χ3v) is 17.8. The van der Waals surface area contributed by atoms with Crippen molar-refractivity contribution in [3.8, 4) is 0 Å². The second-order valence-electron chi connectivity index (χ2n) is 16.6. The molecule has 30 heteroatoms. The van der Waals surface area contributed by atoms with Crippen molar-refractivity contribution < 1.29 is 45.5 Å². The summed E-state index contributed by atoms with van der Waals surface area (Å²) in [5.41, 5.74) is 5.01. The summed E-state index contributed by atoms with van der Waals surface area (Å²) in [5, 5.41) is 4.30. The van der Waals surface area contributed by atoms with Gasteiger partial charge in [-0.2, -0.15) is 21.8 Å². The highest BCUT2D eigenvalue weighted by molar-refractivity contribution is 7.92. The number of nitrogens with zero attached hydrogens (tertiary/aromatic N) is 9. The Morgan fingerprint density at radius 2 is 1.09 bits per heavy atom. The molecule has 7 amide bonds. The van der Waals surface area contributed by atoms with Crippen LogP contribution < -0.4 is 33.1 Å². The molecule has 4 N–H and O–H groups in total. The van der Waals surface area contributed by atoms with E-state index in [0.717, 1.165) is 53.0 Å². The van der Waals surface area contributed by atoms with Crippen LogP contribution in [0.1, 0.15) is 22.8 Å². The van der Waals surface area contributed by atoms with E-state index in [9.17, 15) is 55.2 Å². The van der Waals surface area contributed by atoms with Gasteiger partial charge in [-0.15, -0.1) is 22.7 Å². The normalized spacial score (nSPS) is 13.9. The first-order chi connectivity index (χ1) is 36.8. The number of nitrogens with one attached hydrogen (secondary N) is 4. The van der Waals surface area contributed by atoms with Crippen LogP contribution in [-0.2, 0) is 47.5 Å². The summed E-state index contributed by atoms with van der Waals surface area (Å²) in [7, 11) is -8.46. The van der Waals surface area contributed by atoms with E-state index < -0.39 is 86.1 Å². The smallest absolute Gasteiger partial charge is 0.413 e. The minimum absolute atomic E-state index is 0.0967. The Balaban J connectivity index is 0.000000203. The van der Waals surface area contributed by atoms with E-state index in [4.69, 9.17) is 4.74 Å². The molecule has 0 saturated carbocycles. The van der Waals surface area contributed by atoms with Crippen LogP contribution in [0.4, 0.5) is 20.2 Å². The predicted octanol–water partition coefficient (Wildman–Crippen LogP) is 2.96. The molecular formula is C47H41N13O13S4. The van der Waals surface area contributed by atoms with Gasteiger partial charge in [0.2, 0.25) is 8.68 Å². The molecule has 0 bridgehead atoms. The van der Waals surface area contributed by atoms with E-state index in [1.54, 1.807) is 48.5 Å². The largest absolute Gasteiger partial charge is 0.436 e. The number of para-hydroxylation sites is 2. The number of amides is 7. The monoisotopic (exact) mass is 1120 g/mol. The number of aromatic nitrogens is 6. The topological polar surface area (TPSA) is 327 Å². The Morgan fingerprint density at radius 1 is 0.623 bits per heavy atom. The maximum absolute atomic E-state index is 13.1. The first-order valence-corrected chi connectivity index (χ1v) is 27.3. The fraction of sp³-hybridized carbons (Fsp3) is 0.170. The Kier molecular flexibility index (Phi) is 15.1. The van der Waals surface area contributed by atoms with Crippen molar-refractivity contribution in [2.45, 2.75) is 34.8 Å². The quantitative estimate of drug-likeness (QED) is 0.137. The zero-order valence-corrected chi connectivity index (χ0v) is 43.2. The lowest BCUT2D eigenvalue weighted by Crippen LogP contribution is -2.61. The number of H-pyrrole nitrogens is 1. The summed E-state index contributed by atoms with van der Waals surface area (Å²) in [6.45, 7) is -0.381. The van der Waals surface area contributed by atoms with E-state index in [2.05, 4.69) is 36.1 Å². The van der Waals surface area contributed by atoms with Gasteiger partial charge in [-0.3, -0.25) is 33.8 Å². The number of aryl methyl sites for hydroxylation is 1. The zero-order chi connectivity index (χ0) is 54.6. The lowest BCUT2D eigenvalue weighted by molar-refractivity contribution is -0.135. The average Bonchev–Trinajstić information content (AvgIpc) is 4.09. The van der Waals surface area contributed by atoms with Gasteiger partial charge in [-0.05, 0) is 48.4 Å². The number of carbonyl (C=O) groups excluding carboxylic acids is 5. The van der Waals surface area contributed by atoms with Gasteiger partial charge in [0.1, 0.15) is 18.9 Å². The number of aromatic amines is 1. The number of benzene rings is 4. The van der Waals surface area contributed by atoms with Gasteiger partial charge < -0.3 is 4.74 Å². The highest BCUT2D eigenvalue weighted by Crippen LogP contribution is 2.30. The molecule has 26 nitrogen and oxygen atoms in total. The van der Waals surface area contributed by atoms with Crippen LogP contribution in [0, 0.1) is 6.92 Å². The molecule has 0 atom stereocenters. The Morgan fingerprint density at radius 3 is 1.56 bits per heavy atom. The van der Waals surface area contributed by atoms with Crippen molar-refractivity contribution >= 4 is 98.9 Å². The van der Waals surface area contributed by atoms with Crippen LogP contribution >= 0.6 is 22.7 Å². The first kappa shape index (κ1) is 52.7. The number of ether oxygens (including phenoxy) is 1. The van der Waals surface area contributed by atoms with Gasteiger partial charge in [-0.25, -0.2) is 63.4 Å². The lowest BCUT2D eigenvalue weighted by atomic mass is 10.0. The highest BCUT2D eigenvalue weighted by atomic mass is 32.3. The molecule has 2 fully saturated rings. The molecule has 8 aromatic rings. The minimum atomic E-state index is -4.26. The highest BCUT2D eigenvalue weighted by Gasteiger charge is 2.39. The van der Waals surface area contributed by atoms with Crippen LogP contribution in [0.2, 0.25) is 0 Å². The van der Waals surface area contributed by atoms with Gasteiger partial charge in [0.25, 0.3) is 37.4 Å². The van der Waals surface area contributed by atoms with Crippen LogP contribution in [-0.4, -0.2) is 121 Å².